The normalized spacial score (nSPS) is 12.3. The zero-order valence-electron chi connectivity index (χ0n) is 29.8. The molecule has 0 radical (unpaired) electrons. The first-order chi connectivity index (χ1) is 27.7. The van der Waals surface area contributed by atoms with E-state index in [4.69, 9.17) is 18.2 Å². The number of rotatable bonds is 3. The summed E-state index contributed by atoms with van der Waals surface area (Å²) in [7, 11) is 0. The third-order valence-electron chi connectivity index (χ3n) is 11.5. The minimum Gasteiger partial charge on any atom is -0.456 e. The molecule has 8 aromatic carbocycles. The summed E-state index contributed by atoms with van der Waals surface area (Å²) in [4.78, 5) is 5.13. The number of furan rings is 3. The predicted molar refractivity (Wildman–Crippen MR) is 228 cm³/mol. The van der Waals surface area contributed by atoms with Gasteiger partial charge in [0, 0.05) is 37.7 Å². The van der Waals surface area contributed by atoms with Gasteiger partial charge in [0.1, 0.15) is 39.1 Å². The van der Waals surface area contributed by atoms with Crippen LogP contribution in [0.4, 0.5) is 0 Å². The predicted octanol–water partition coefficient (Wildman–Crippen LogP) is 14.3. The van der Waals surface area contributed by atoms with Gasteiger partial charge in [-0.05, 0) is 112 Å². The Bertz CT molecular complexity index is 3650. The second-order valence-electron chi connectivity index (χ2n) is 14.7. The van der Waals surface area contributed by atoms with Crippen LogP contribution < -0.4 is 0 Å². The summed E-state index contributed by atoms with van der Waals surface area (Å²) in [5.41, 5.74) is 15.9. The zero-order valence-corrected chi connectivity index (χ0v) is 29.8. The summed E-state index contributed by atoms with van der Waals surface area (Å²) in [5.74, 6) is 0. The third-order valence-corrected chi connectivity index (χ3v) is 11.5. The lowest BCUT2D eigenvalue weighted by molar-refractivity contribution is 0.668. The average molecular weight is 717 g/mol. The van der Waals surface area contributed by atoms with Gasteiger partial charge in [-0.2, -0.15) is 0 Å². The van der Waals surface area contributed by atoms with Gasteiger partial charge in [0.15, 0.2) is 5.58 Å². The van der Waals surface area contributed by atoms with Gasteiger partial charge in [-0.1, -0.05) is 91.0 Å². The van der Waals surface area contributed by atoms with Crippen LogP contribution in [0.15, 0.2) is 183 Å². The molecule has 56 heavy (non-hydrogen) atoms. The minimum atomic E-state index is 0.838. The van der Waals surface area contributed by atoms with Crippen LogP contribution in [-0.2, 0) is 0 Å². The number of aromatic nitrogens is 2. The Morgan fingerprint density at radius 1 is 0.339 bits per heavy atom. The monoisotopic (exact) mass is 716 g/mol. The number of pyridine rings is 1. The fraction of sp³-hybridized carbons (Fsp3) is 0. The Hall–Kier alpha value is -7.63. The SMILES string of the molecule is c1ccc2c(c1)nc1c3ccccc3c3oc4ccc(-c5cc(-c6ccc7oc8ccccc8c7c6)cc(-c6ccc7oc8ccccc8c7c6)c5)cc4c3n21. The molecular formula is C51H28N2O3. The number of nitrogens with zero attached hydrogens (tertiary/aromatic N) is 2. The second kappa shape index (κ2) is 11.0. The largest absolute Gasteiger partial charge is 0.456 e. The van der Waals surface area contributed by atoms with E-state index < -0.39 is 0 Å². The zero-order chi connectivity index (χ0) is 36.5. The topological polar surface area (TPSA) is 56.7 Å². The van der Waals surface area contributed by atoms with Gasteiger partial charge >= 0.3 is 0 Å². The van der Waals surface area contributed by atoms with Crippen molar-refractivity contribution in [2.24, 2.45) is 0 Å². The van der Waals surface area contributed by atoms with Gasteiger partial charge in [0.25, 0.3) is 0 Å². The summed E-state index contributed by atoms with van der Waals surface area (Å²) in [5, 5.41) is 7.59. The molecule has 0 unspecified atom stereocenters. The van der Waals surface area contributed by atoms with Crippen LogP contribution in [-0.4, -0.2) is 9.38 Å². The number of imidazole rings is 1. The molecule has 0 aliphatic heterocycles. The molecule has 0 bridgehead atoms. The van der Waals surface area contributed by atoms with E-state index in [1.807, 2.05) is 30.3 Å². The van der Waals surface area contributed by atoms with E-state index in [-0.39, 0.29) is 0 Å². The number of fused-ring (bicyclic) bond motifs is 16. The highest BCUT2D eigenvalue weighted by Gasteiger charge is 2.20. The average Bonchev–Trinajstić information content (AvgIpc) is 4.03. The van der Waals surface area contributed by atoms with Crippen molar-refractivity contribution < 1.29 is 13.3 Å². The van der Waals surface area contributed by atoms with E-state index >= 15 is 0 Å². The van der Waals surface area contributed by atoms with Gasteiger partial charge in [-0.15, -0.1) is 0 Å². The number of benzene rings is 8. The molecule has 13 rings (SSSR count). The molecule has 260 valence electrons. The van der Waals surface area contributed by atoms with Crippen LogP contribution in [0.2, 0.25) is 0 Å². The molecule has 5 heteroatoms. The summed E-state index contributed by atoms with van der Waals surface area (Å²) in [6.07, 6.45) is 0. The van der Waals surface area contributed by atoms with E-state index in [9.17, 15) is 0 Å². The molecule has 0 aliphatic carbocycles. The van der Waals surface area contributed by atoms with Gasteiger partial charge < -0.3 is 13.3 Å². The summed E-state index contributed by atoms with van der Waals surface area (Å²) in [6, 6.07) is 59.8. The molecule has 0 spiro atoms. The van der Waals surface area contributed by atoms with Crippen molar-refractivity contribution in [3.05, 3.63) is 170 Å². The lowest BCUT2D eigenvalue weighted by Gasteiger charge is -2.12. The van der Waals surface area contributed by atoms with Crippen LogP contribution in [0.3, 0.4) is 0 Å². The van der Waals surface area contributed by atoms with Crippen LogP contribution in [0.5, 0.6) is 0 Å². The minimum absolute atomic E-state index is 0.838. The number of para-hydroxylation sites is 4. The third kappa shape index (κ3) is 4.17. The van der Waals surface area contributed by atoms with Crippen LogP contribution in [0.25, 0.3) is 127 Å². The fourth-order valence-electron chi connectivity index (χ4n) is 8.92. The molecule has 0 saturated heterocycles. The van der Waals surface area contributed by atoms with E-state index in [1.54, 1.807) is 0 Å². The maximum Gasteiger partial charge on any atom is 0.160 e. The maximum atomic E-state index is 6.74. The summed E-state index contributed by atoms with van der Waals surface area (Å²) in [6.45, 7) is 0. The van der Waals surface area contributed by atoms with Crippen molar-refractivity contribution in [2.45, 2.75) is 0 Å². The molecule has 13 aromatic rings. The first-order valence-corrected chi connectivity index (χ1v) is 18.8. The summed E-state index contributed by atoms with van der Waals surface area (Å²) < 4.78 is 21.5. The van der Waals surface area contributed by atoms with Gasteiger partial charge in [-0.3, -0.25) is 4.40 Å². The van der Waals surface area contributed by atoms with Crippen molar-refractivity contribution in [1.82, 2.24) is 9.38 Å². The van der Waals surface area contributed by atoms with Gasteiger partial charge in [0.2, 0.25) is 0 Å². The van der Waals surface area contributed by atoms with Crippen molar-refractivity contribution in [2.75, 3.05) is 0 Å². The van der Waals surface area contributed by atoms with Crippen molar-refractivity contribution >= 4 is 93.4 Å². The van der Waals surface area contributed by atoms with Crippen LogP contribution >= 0.6 is 0 Å². The molecular weight excluding hydrogens is 689 g/mol. The standard InChI is InChI=1S/C51H28N2O3/c1-2-12-38-37(11-1)50-49(53-43-14-6-5-13-42(43)52-51(38)53)41-28-31(19-22-48(41)56-50)34-24-32(29-17-20-46-39(26-29)35-9-3-7-15-44(35)54-46)23-33(25-34)30-18-21-47-40(27-30)36-10-4-8-16-45(36)55-47/h1-28H. The van der Waals surface area contributed by atoms with Gasteiger partial charge in [0.05, 0.1) is 11.0 Å². The van der Waals surface area contributed by atoms with Crippen molar-refractivity contribution in [1.29, 1.82) is 0 Å². The second-order valence-corrected chi connectivity index (χ2v) is 14.7. The molecule has 0 amide bonds. The quantitative estimate of drug-likeness (QED) is 0.183. The van der Waals surface area contributed by atoms with E-state index in [2.05, 4.69) is 144 Å². The van der Waals surface area contributed by atoms with E-state index in [0.29, 0.717) is 0 Å². The first kappa shape index (κ1) is 29.8. The van der Waals surface area contributed by atoms with E-state index in [0.717, 1.165) is 127 Å². The molecule has 5 heterocycles. The molecule has 0 saturated carbocycles. The molecule has 5 nitrogen and oxygen atoms in total. The highest BCUT2D eigenvalue weighted by atomic mass is 16.3. The Labute approximate surface area is 318 Å². The lowest BCUT2D eigenvalue weighted by atomic mass is 9.92. The van der Waals surface area contributed by atoms with Crippen LogP contribution in [0, 0.1) is 0 Å². The maximum absolute atomic E-state index is 6.74. The highest BCUT2D eigenvalue weighted by molar-refractivity contribution is 6.19. The Balaban J connectivity index is 1.08. The number of hydrogen-bond donors (Lipinski definition) is 0. The molecule has 0 fully saturated rings. The Morgan fingerprint density at radius 2 is 0.804 bits per heavy atom. The highest BCUT2D eigenvalue weighted by Crippen LogP contribution is 2.42. The smallest absolute Gasteiger partial charge is 0.160 e. The lowest BCUT2D eigenvalue weighted by Crippen LogP contribution is -1.90. The fourth-order valence-corrected chi connectivity index (χ4v) is 8.92. The van der Waals surface area contributed by atoms with Crippen molar-refractivity contribution in [3.8, 4) is 33.4 Å². The van der Waals surface area contributed by atoms with E-state index in [1.165, 1.54) is 0 Å². The molecule has 5 aromatic heterocycles. The molecule has 0 aliphatic rings. The molecule has 0 atom stereocenters. The molecule has 0 N–H and O–H groups in total. The van der Waals surface area contributed by atoms with Crippen LogP contribution in [0.1, 0.15) is 0 Å². The summed E-state index contributed by atoms with van der Waals surface area (Å²) >= 11 is 0. The first-order valence-electron chi connectivity index (χ1n) is 18.8. The van der Waals surface area contributed by atoms with Crippen molar-refractivity contribution in [3.63, 3.8) is 0 Å². The Kier molecular flexibility index (Phi) is 5.83. The Morgan fingerprint density at radius 3 is 1.41 bits per heavy atom. The number of hydrogen-bond acceptors (Lipinski definition) is 4. The van der Waals surface area contributed by atoms with Gasteiger partial charge in [-0.25, -0.2) is 4.98 Å².